The van der Waals surface area contributed by atoms with Gasteiger partial charge in [-0.25, -0.2) is 0 Å². The highest BCUT2D eigenvalue weighted by atomic mass is 16.2. The average Bonchev–Trinajstić information content (AvgIpc) is 2.59. The van der Waals surface area contributed by atoms with Gasteiger partial charge in [-0.05, 0) is 44.9 Å². The Morgan fingerprint density at radius 1 is 1.24 bits per heavy atom. The van der Waals surface area contributed by atoms with Crippen LogP contribution in [0.5, 0.6) is 0 Å². The van der Waals surface area contributed by atoms with Crippen molar-refractivity contribution in [3.05, 3.63) is 35.4 Å². The molecule has 0 saturated heterocycles. The van der Waals surface area contributed by atoms with Crippen molar-refractivity contribution in [1.29, 1.82) is 0 Å². The lowest BCUT2D eigenvalue weighted by atomic mass is 9.93. The first-order valence-corrected chi connectivity index (χ1v) is 8.43. The van der Waals surface area contributed by atoms with Crippen LogP contribution in [-0.4, -0.2) is 44.5 Å². The number of nitrogens with one attached hydrogen (secondary N) is 3. The maximum Gasteiger partial charge on any atom is 0.251 e. The van der Waals surface area contributed by atoms with Crippen molar-refractivity contribution in [1.82, 2.24) is 16.0 Å². The van der Waals surface area contributed by atoms with E-state index in [4.69, 9.17) is 5.73 Å². The summed E-state index contributed by atoms with van der Waals surface area (Å²) in [5.74, 6) is 0.163. The van der Waals surface area contributed by atoms with Gasteiger partial charge < -0.3 is 21.7 Å². The number of hydrogen-bond acceptors (Lipinski definition) is 3. The Hall–Kier alpha value is -2.57. The van der Waals surface area contributed by atoms with Gasteiger partial charge in [0.2, 0.25) is 5.91 Å². The number of aliphatic imine (C=N–C) groups is 1. The van der Waals surface area contributed by atoms with Crippen LogP contribution < -0.4 is 21.7 Å². The van der Waals surface area contributed by atoms with Gasteiger partial charge in [0.25, 0.3) is 5.91 Å². The Morgan fingerprint density at radius 3 is 2.56 bits per heavy atom. The third-order valence-corrected chi connectivity index (χ3v) is 3.77. The van der Waals surface area contributed by atoms with E-state index in [0.717, 1.165) is 18.5 Å². The molecular weight excluding hydrogens is 318 g/mol. The third-order valence-electron chi connectivity index (χ3n) is 3.77. The summed E-state index contributed by atoms with van der Waals surface area (Å²) in [5.41, 5.74) is 6.38. The summed E-state index contributed by atoms with van der Waals surface area (Å²) in [4.78, 5) is 27.5. The van der Waals surface area contributed by atoms with Crippen LogP contribution in [0.3, 0.4) is 0 Å². The fourth-order valence-corrected chi connectivity index (χ4v) is 2.03. The molecule has 7 nitrogen and oxygen atoms in total. The molecule has 0 saturated carbocycles. The van der Waals surface area contributed by atoms with E-state index >= 15 is 0 Å². The van der Waals surface area contributed by atoms with E-state index in [9.17, 15) is 9.59 Å². The van der Waals surface area contributed by atoms with Crippen LogP contribution >= 0.6 is 0 Å². The molecule has 138 valence electrons. The molecule has 25 heavy (non-hydrogen) atoms. The lowest BCUT2D eigenvalue weighted by Gasteiger charge is -2.19. The standard InChI is InChI=1S/C18H29N5O2/c1-5-21-17(23-12-18(2,3)16(19)25)22-10-9-13-7-6-8-14(11-13)15(24)20-4/h6-8,11H,5,9-10,12H2,1-4H3,(H2,19,25)(H,20,24)(H2,21,22,23). The monoisotopic (exact) mass is 347 g/mol. The predicted molar refractivity (Wildman–Crippen MR) is 100 cm³/mol. The number of nitrogens with two attached hydrogens (primary N) is 1. The Balaban J connectivity index is 2.64. The number of amides is 2. The number of benzene rings is 1. The molecule has 5 N–H and O–H groups in total. The normalized spacial score (nSPS) is 11.8. The molecule has 0 fully saturated rings. The van der Waals surface area contributed by atoms with E-state index in [0.29, 0.717) is 24.6 Å². The molecule has 0 aromatic heterocycles. The van der Waals surface area contributed by atoms with Crippen LogP contribution in [0.15, 0.2) is 29.3 Å². The van der Waals surface area contributed by atoms with Crippen molar-refractivity contribution in [3.8, 4) is 0 Å². The fraction of sp³-hybridized carbons (Fsp3) is 0.500. The van der Waals surface area contributed by atoms with E-state index < -0.39 is 5.41 Å². The molecule has 0 heterocycles. The first kappa shape index (κ1) is 20.5. The summed E-state index contributed by atoms with van der Waals surface area (Å²) >= 11 is 0. The van der Waals surface area contributed by atoms with Crippen LogP contribution in [-0.2, 0) is 11.2 Å². The van der Waals surface area contributed by atoms with Gasteiger partial charge in [0, 0.05) is 25.7 Å². The van der Waals surface area contributed by atoms with E-state index in [-0.39, 0.29) is 11.8 Å². The summed E-state index contributed by atoms with van der Waals surface area (Å²) in [6.45, 7) is 7.20. The Morgan fingerprint density at radius 2 is 1.96 bits per heavy atom. The molecule has 1 rings (SSSR count). The number of carbonyl (C=O) groups excluding carboxylic acids is 2. The molecule has 7 heteroatoms. The lowest BCUT2D eigenvalue weighted by Crippen LogP contribution is -2.40. The molecule has 2 amide bonds. The highest BCUT2D eigenvalue weighted by molar-refractivity contribution is 5.94. The number of guanidine groups is 1. The highest BCUT2D eigenvalue weighted by Gasteiger charge is 2.24. The van der Waals surface area contributed by atoms with Crippen LogP contribution in [0, 0.1) is 5.41 Å². The Labute approximate surface area is 149 Å². The number of carbonyl (C=O) groups is 2. The van der Waals surface area contributed by atoms with Crippen LogP contribution in [0.25, 0.3) is 0 Å². The minimum absolute atomic E-state index is 0.0987. The number of primary amides is 1. The first-order chi connectivity index (χ1) is 11.8. The molecule has 1 aromatic rings. The van der Waals surface area contributed by atoms with Crippen molar-refractivity contribution in [2.24, 2.45) is 16.1 Å². The topological polar surface area (TPSA) is 109 Å². The SMILES string of the molecule is CCNC(=NCC(C)(C)C(N)=O)NCCc1cccc(C(=O)NC)c1. The largest absolute Gasteiger partial charge is 0.369 e. The molecule has 0 radical (unpaired) electrons. The summed E-state index contributed by atoms with van der Waals surface area (Å²) in [6.07, 6.45) is 0.745. The minimum Gasteiger partial charge on any atom is -0.369 e. The third kappa shape index (κ3) is 6.82. The van der Waals surface area contributed by atoms with Gasteiger partial charge in [0.05, 0.1) is 12.0 Å². The molecule has 0 aliphatic carbocycles. The lowest BCUT2D eigenvalue weighted by molar-refractivity contribution is -0.125. The van der Waals surface area contributed by atoms with Crippen LogP contribution in [0.4, 0.5) is 0 Å². The second-order valence-electron chi connectivity index (χ2n) is 6.40. The Kier molecular flexibility index (Phi) is 7.91. The quantitative estimate of drug-likeness (QED) is 0.409. The fourth-order valence-electron chi connectivity index (χ4n) is 2.03. The zero-order valence-corrected chi connectivity index (χ0v) is 15.5. The van der Waals surface area contributed by atoms with Crippen molar-refractivity contribution in [2.75, 3.05) is 26.7 Å². The maximum atomic E-state index is 11.7. The van der Waals surface area contributed by atoms with E-state index in [1.807, 2.05) is 25.1 Å². The van der Waals surface area contributed by atoms with Gasteiger partial charge in [-0.1, -0.05) is 12.1 Å². The molecular formula is C18H29N5O2. The number of hydrogen-bond donors (Lipinski definition) is 4. The summed E-state index contributed by atoms with van der Waals surface area (Å²) in [5, 5.41) is 8.99. The van der Waals surface area contributed by atoms with E-state index in [2.05, 4.69) is 20.9 Å². The molecule has 0 spiro atoms. The van der Waals surface area contributed by atoms with Gasteiger partial charge in [0.15, 0.2) is 5.96 Å². The summed E-state index contributed by atoms with van der Waals surface area (Å²) in [6, 6.07) is 7.51. The molecule has 0 unspecified atom stereocenters. The zero-order chi connectivity index (χ0) is 18.9. The van der Waals surface area contributed by atoms with Gasteiger partial charge in [-0.2, -0.15) is 0 Å². The van der Waals surface area contributed by atoms with Crippen molar-refractivity contribution in [2.45, 2.75) is 27.2 Å². The average molecular weight is 347 g/mol. The molecule has 0 atom stereocenters. The molecule has 0 bridgehead atoms. The zero-order valence-electron chi connectivity index (χ0n) is 15.5. The van der Waals surface area contributed by atoms with Gasteiger partial charge >= 0.3 is 0 Å². The van der Waals surface area contributed by atoms with Crippen molar-refractivity contribution in [3.63, 3.8) is 0 Å². The second kappa shape index (κ2) is 9.66. The van der Waals surface area contributed by atoms with Gasteiger partial charge in [-0.3, -0.25) is 14.6 Å². The van der Waals surface area contributed by atoms with Crippen LogP contribution in [0.1, 0.15) is 36.7 Å². The maximum absolute atomic E-state index is 11.7. The second-order valence-corrected chi connectivity index (χ2v) is 6.40. The first-order valence-electron chi connectivity index (χ1n) is 8.43. The number of nitrogens with zero attached hydrogens (tertiary/aromatic N) is 1. The molecule has 0 aliphatic rings. The van der Waals surface area contributed by atoms with Gasteiger partial charge in [-0.15, -0.1) is 0 Å². The predicted octanol–water partition coefficient (Wildman–Crippen LogP) is 0.655. The number of rotatable bonds is 8. The molecule has 0 aliphatic heterocycles. The van der Waals surface area contributed by atoms with Crippen molar-refractivity contribution >= 4 is 17.8 Å². The summed E-state index contributed by atoms with van der Waals surface area (Å²) < 4.78 is 0. The molecule has 1 aromatic carbocycles. The summed E-state index contributed by atoms with van der Waals surface area (Å²) in [7, 11) is 1.61. The highest BCUT2D eigenvalue weighted by Crippen LogP contribution is 2.13. The van der Waals surface area contributed by atoms with Crippen molar-refractivity contribution < 1.29 is 9.59 Å². The van der Waals surface area contributed by atoms with Gasteiger partial charge in [0.1, 0.15) is 0 Å². The van der Waals surface area contributed by atoms with Crippen LogP contribution in [0.2, 0.25) is 0 Å². The van der Waals surface area contributed by atoms with E-state index in [1.54, 1.807) is 27.0 Å². The Bertz CT molecular complexity index is 626. The minimum atomic E-state index is -0.690. The van der Waals surface area contributed by atoms with E-state index in [1.165, 1.54) is 0 Å². The smallest absolute Gasteiger partial charge is 0.251 e.